The molecule has 0 aliphatic rings. The van der Waals surface area contributed by atoms with Crippen molar-refractivity contribution in [2.75, 3.05) is 27.9 Å². The number of ether oxygens (including phenoxy) is 4. The Kier molecular flexibility index (Phi) is 8.40. The van der Waals surface area contributed by atoms with E-state index in [2.05, 4.69) is 10.6 Å². The maximum absolute atomic E-state index is 12.9. The number of nitrogens with one attached hydrogen (secondary N) is 2. The zero-order chi connectivity index (χ0) is 23.7. The SMILES string of the molecule is CNC(=O)NC(=O)C(OC(=O)c1cc(OC)c(OCC(N)=O)c(OC)c1)c1ccccc1. The Labute approximate surface area is 183 Å². The van der Waals surface area contributed by atoms with Crippen LogP contribution in [0.5, 0.6) is 17.2 Å². The van der Waals surface area contributed by atoms with Gasteiger partial charge in [-0.05, 0) is 12.1 Å². The molecule has 32 heavy (non-hydrogen) atoms. The highest BCUT2D eigenvalue weighted by atomic mass is 16.6. The topological polar surface area (TPSA) is 155 Å². The van der Waals surface area contributed by atoms with Crippen molar-refractivity contribution in [1.29, 1.82) is 0 Å². The van der Waals surface area contributed by atoms with Gasteiger partial charge < -0.3 is 30.0 Å². The number of nitrogens with two attached hydrogens (primary N) is 1. The molecule has 0 radical (unpaired) electrons. The fourth-order valence-electron chi connectivity index (χ4n) is 2.60. The number of benzene rings is 2. The van der Waals surface area contributed by atoms with Crippen LogP contribution in [0.2, 0.25) is 0 Å². The molecule has 0 heterocycles. The third-order valence-corrected chi connectivity index (χ3v) is 4.08. The van der Waals surface area contributed by atoms with Crippen LogP contribution in [-0.2, 0) is 14.3 Å². The van der Waals surface area contributed by atoms with Crippen LogP contribution in [0.4, 0.5) is 4.79 Å². The quantitative estimate of drug-likeness (QED) is 0.481. The van der Waals surface area contributed by atoms with Gasteiger partial charge in [-0.3, -0.25) is 14.9 Å². The van der Waals surface area contributed by atoms with Gasteiger partial charge in [0.2, 0.25) is 11.9 Å². The Hall–Kier alpha value is -4.28. The second-order valence-electron chi connectivity index (χ2n) is 6.23. The van der Waals surface area contributed by atoms with Crippen molar-refractivity contribution in [2.45, 2.75) is 6.10 Å². The monoisotopic (exact) mass is 445 g/mol. The van der Waals surface area contributed by atoms with E-state index in [-0.39, 0.29) is 22.8 Å². The Morgan fingerprint density at radius 3 is 2.09 bits per heavy atom. The first-order chi connectivity index (χ1) is 15.3. The number of amides is 4. The van der Waals surface area contributed by atoms with Gasteiger partial charge in [-0.15, -0.1) is 0 Å². The van der Waals surface area contributed by atoms with Gasteiger partial charge in [0.15, 0.2) is 18.1 Å². The first kappa shape index (κ1) is 24.0. The van der Waals surface area contributed by atoms with Crippen LogP contribution < -0.4 is 30.6 Å². The summed E-state index contributed by atoms with van der Waals surface area (Å²) in [5.41, 5.74) is 5.42. The van der Waals surface area contributed by atoms with Crippen LogP contribution in [0.25, 0.3) is 0 Å². The van der Waals surface area contributed by atoms with Crippen LogP contribution in [0.1, 0.15) is 22.0 Å². The normalized spacial score (nSPS) is 11.0. The largest absolute Gasteiger partial charge is 0.493 e. The molecule has 0 bridgehead atoms. The summed E-state index contributed by atoms with van der Waals surface area (Å²) in [4.78, 5) is 48.0. The third-order valence-electron chi connectivity index (χ3n) is 4.08. The van der Waals surface area contributed by atoms with E-state index in [1.165, 1.54) is 33.4 Å². The van der Waals surface area contributed by atoms with Crippen molar-refractivity contribution < 1.29 is 38.1 Å². The number of hydrogen-bond acceptors (Lipinski definition) is 8. The minimum absolute atomic E-state index is 0.0289. The van der Waals surface area contributed by atoms with E-state index in [0.29, 0.717) is 5.56 Å². The summed E-state index contributed by atoms with van der Waals surface area (Å²) in [7, 11) is 3.99. The maximum atomic E-state index is 12.9. The van der Waals surface area contributed by atoms with Gasteiger partial charge in [0.1, 0.15) is 0 Å². The number of carbonyl (C=O) groups excluding carboxylic acids is 4. The molecule has 0 saturated heterocycles. The molecule has 0 aliphatic carbocycles. The molecule has 11 nitrogen and oxygen atoms in total. The van der Waals surface area contributed by atoms with Crippen LogP contribution in [-0.4, -0.2) is 51.7 Å². The predicted molar refractivity (Wildman–Crippen MR) is 111 cm³/mol. The number of rotatable bonds is 9. The van der Waals surface area contributed by atoms with Gasteiger partial charge in [0.25, 0.3) is 11.8 Å². The molecule has 11 heteroatoms. The minimum atomic E-state index is -1.41. The molecule has 0 saturated carbocycles. The van der Waals surface area contributed by atoms with E-state index in [4.69, 9.17) is 24.7 Å². The van der Waals surface area contributed by atoms with Gasteiger partial charge in [0, 0.05) is 12.6 Å². The number of primary amides is 1. The number of esters is 1. The van der Waals surface area contributed by atoms with Crippen molar-refractivity contribution in [1.82, 2.24) is 10.6 Å². The van der Waals surface area contributed by atoms with Crippen molar-refractivity contribution in [3.63, 3.8) is 0 Å². The number of hydrogen-bond donors (Lipinski definition) is 3. The summed E-state index contributed by atoms with van der Waals surface area (Å²) in [5, 5.41) is 4.34. The van der Waals surface area contributed by atoms with E-state index < -0.39 is 36.5 Å². The third kappa shape index (κ3) is 6.11. The smallest absolute Gasteiger partial charge is 0.339 e. The van der Waals surface area contributed by atoms with Gasteiger partial charge in [-0.25, -0.2) is 9.59 Å². The molecule has 1 unspecified atom stereocenters. The van der Waals surface area contributed by atoms with Gasteiger partial charge in [-0.1, -0.05) is 30.3 Å². The van der Waals surface area contributed by atoms with E-state index in [9.17, 15) is 19.2 Å². The fraction of sp³-hybridized carbons (Fsp3) is 0.238. The lowest BCUT2D eigenvalue weighted by atomic mass is 10.1. The minimum Gasteiger partial charge on any atom is -0.493 e. The van der Waals surface area contributed by atoms with Crippen LogP contribution in [0, 0.1) is 0 Å². The number of carbonyl (C=O) groups is 4. The molecule has 4 N–H and O–H groups in total. The highest BCUT2D eigenvalue weighted by Gasteiger charge is 2.28. The number of methoxy groups -OCH3 is 2. The van der Waals surface area contributed by atoms with Crippen LogP contribution in [0.3, 0.4) is 0 Å². The number of imide groups is 1. The van der Waals surface area contributed by atoms with E-state index in [1.54, 1.807) is 30.3 Å². The standard InChI is InChI=1S/C21H23N3O8/c1-23-21(28)24-19(26)17(12-7-5-4-6-8-12)32-20(27)13-9-14(29-2)18(15(10-13)30-3)31-11-16(22)25/h4-10,17H,11H2,1-3H3,(H2,22,25)(H2,23,24,26,28). The summed E-state index contributed by atoms with van der Waals surface area (Å²) in [5.74, 6) is -2.26. The molecule has 2 aromatic carbocycles. The average Bonchev–Trinajstić information content (AvgIpc) is 2.80. The lowest BCUT2D eigenvalue weighted by molar-refractivity contribution is -0.129. The molecule has 1 atom stereocenters. The van der Waals surface area contributed by atoms with E-state index >= 15 is 0 Å². The summed E-state index contributed by atoms with van der Waals surface area (Å²) in [6.07, 6.45) is -1.41. The highest BCUT2D eigenvalue weighted by Crippen LogP contribution is 2.39. The first-order valence-corrected chi connectivity index (χ1v) is 9.26. The van der Waals surface area contributed by atoms with Crippen LogP contribution in [0.15, 0.2) is 42.5 Å². The number of urea groups is 1. The van der Waals surface area contributed by atoms with Crippen molar-refractivity contribution in [3.05, 3.63) is 53.6 Å². The molecule has 0 fully saturated rings. The van der Waals surface area contributed by atoms with Crippen LogP contribution >= 0.6 is 0 Å². The van der Waals surface area contributed by atoms with Crippen molar-refractivity contribution in [3.8, 4) is 17.2 Å². The Bertz CT molecular complexity index is 969. The van der Waals surface area contributed by atoms with E-state index in [0.717, 1.165) is 0 Å². The molecule has 2 aromatic rings. The Morgan fingerprint density at radius 1 is 1.00 bits per heavy atom. The molecule has 0 aromatic heterocycles. The second kappa shape index (κ2) is 11.2. The lowest BCUT2D eigenvalue weighted by Gasteiger charge is -2.19. The summed E-state index contributed by atoms with van der Waals surface area (Å²) in [6.45, 7) is -0.438. The summed E-state index contributed by atoms with van der Waals surface area (Å²) < 4.78 is 21.2. The summed E-state index contributed by atoms with van der Waals surface area (Å²) >= 11 is 0. The predicted octanol–water partition coefficient (Wildman–Crippen LogP) is 0.922. The van der Waals surface area contributed by atoms with Crippen molar-refractivity contribution >= 4 is 23.8 Å². The Balaban J connectivity index is 2.37. The Morgan fingerprint density at radius 2 is 1.59 bits per heavy atom. The van der Waals surface area contributed by atoms with Gasteiger partial charge >= 0.3 is 12.0 Å². The highest BCUT2D eigenvalue weighted by molar-refractivity contribution is 5.99. The maximum Gasteiger partial charge on any atom is 0.339 e. The molecule has 0 aliphatic heterocycles. The first-order valence-electron chi connectivity index (χ1n) is 9.26. The summed E-state index contributed by atoms with van der Waals surface area (Å²) in [6, 6.07) is 10.00. The molecular weight excluding hydrogens is 422 g/mol. The zero-order valence-corrected chi connectivity index (χ0v) is 17.7. The molecular formula is C21H23N3O8. The molecule has 170 valence electrons. The zero-order valence-electron chi connectivity index (χ0n) is 17.7. The van der Waals surface area contributed by atoms with E-state index in [1.807, 2.05) is 0 Å². The molecule has 2 rings (SSSR count). The fourth-order valence-corrected chi connectivity index (χ4v) is 2.60. The molecule has 4 amide bonds. The van der Waals surface area contributed by atoms with Crippen molar-refractivity contribution in [2.24, 2.45) is 5.73 Å². The molecule has 0 spiro atoms. The van der Waals surface area contributed by atoms with Gasteiger partial charge in [-0.2, -0.15) is 0 Å². The van der Waals surface area contributed by atoms with Gasteiger partial charge in [0.05, 0.1) is 19.8 Å². The second-order valence-corrected chi connectivity index (χ2v) is 6.23. The average molecular weight is 445 g/mol. The lowest BCUT2D eigenvalue weighted by Crippen LogP contribution is -2.41.